The van der Waals surface area contributed by atoms with E-state index in [1.165, 1.54) is 6.07 Å². The molecule has 0 heterocycles. The fourth-order valence-corrected chi connectivity index (χ4v) is 3.53. The van der Waals surface area contributed by atoms with E-state index >= 15 is 0 Å². The summed E-state index contributed by atoms with van der Waals surface area (Å²) >= 11 is 0. The zero-order valence-electron chi connectivity index (χ0n) is 10.4. The topological polar surface area (TPSA) is 72.2 Å². The first-order chi connectivity index (χ1) is 8.31. The number of rotatable bonds is 4. The summed E-state index contributed by atoms with van der Waals surface area (Å²) in [6.07, 6.45) is 2.10. The second-order valence-electron chi connectivity index (χ2n) is 4.89. The van der Waals surface area contributed by atoms with Crippen molar-refractivity contribution >= 4 is 15.7 Å². The summed E-state index contributed by atoms with van der Waals surface area (Å²) in [5.41, 5.74) is 5.63. The molecule has 100 valence electrons. The number of nitrogens with one attached hydrogen (secondary N) is 1. The van der Waals surface area contributed by atoms with E-state index in [0.717, 1.165) is 18.9 Å². The van der Waals surface area contributed by atoms with Crippen LogP contribution in [-0.4, -0.2) is 14.5 Å². The second-order valence-corrected chi connectivity index (χ2v) is 6.57. The number of hydrogen-bond acceptors (Lipinski definition) is 3. The van der Waals surface area contributed by atoms with Crippen molar-refractivity contribution in [2.45, 2.75) is 37.6 Å². The first kappa shape index (κ1) is 13.3. The van der Waals surface area contributed by atoms with Crippen LogP contribution in [0.3, 0.4) is 0 Å². The molecule has 0 radical (unpaired) electrons. The minimum Gasteiger partial charge on any atom is -0.396 e. The van der Waals surface area contributed by atoms with E-state index < -0.39 is 15.8 Å². The van der Waals surface area contributed by atoms with Crippen molar-refractivity contribution in [1.29, 1.82) is 0 Å². The Morgan fingerprint density at radius 3 is 2.61 bits per heavy atom. The van der Waals surface area contributed by atoms with Crippen molar-refractivity contribution < 1.29 is 12.8 Å². The van der Waals surface area contributed by atoms with Gasteiger partial charge in [-0.15, -0.1) is 0 Å². The minimum atomic E-state index is -3.63. The van der Waals surface area contributed by atoms with Crippen LogP contribution in [0.1, 0.15) is 25.3 Å². The molecule has 6 heteroatoms. The van der Waals surface area contributed by atoms with E-state index in [4.69, 9.17) is 5.73 Å². The summed E-state index contributed by atoms with van der Waals surface area (Å²) in [6.45, 7) is 3.40. The van der Waals surface area contributed by atoms with Gasteiger partial charge < -0.3 is 5.73 Å². The molecule has 0 amide bonds. The molecular weight excluding hydrogens is 255 g/mol. The molecule has 0 aliphatic heterocycles. The number of aryl methyl sites for hydroxylation is 1. The van der Waals surface area contributed by atoms with Crippen LogP contribution in [0.4, 0.5) is 10.1 Å². The summed E-state index contributed by atoms with van der Waals surface area (Å²) in [5.74, 6) is -0.181. The Labute approximate surface area is 106 Å². The standard InChI is InChI=1S/C12H17FN2O2S/c1-7-5-10(13)11(14)6-12(7)18(16,17)15-8(2)9-3-4-9/h5-6,8-9,15H,3-4,14H2,1-2H3. The molecular formula is C12H17FN2O2S. The lowest BCUT2D eigenvalue weighted by Crippen LogP contribution is -2.34. The highest BCUT2D eigenvalue weighted by Gasteiger charge is 2.31. The van der Waals surface area contributed by atoms with Crippen LogP contribution >= 0.6 is 0 Å². The highest BCUT2D eigenvalue weighted by Crippen LogP contribution is 2.33. The molecule has 0 spiro atoms. The zero-order chi connectivity index (χ0) is 13.5. The van der Waals surface area contributed by atoms with Gasteiger partial charge in [0.15, 0.2) is 0 Å². The fraction of sp³-hybridized carbons (Fsp3) is 0.500. The van der Waals surface area contributed by atoms with Crippen molar-refractivity contribution in [2.75, 3.05) is 5.73 Å². The van der Waals surface area contributed by atoms with Crippen LogP contribution in [0.2, 0.25) is 0 Å². The molecule has 1 aliphatic carbocycles. The van der Waals surface area contributed by atoms with E-state index in [1.54, 1.807) is 6.92 Å². The summed E-state index contributed by atoms with van der Waals surface area (Å²) in [6, 6.07) is 2.22. The smallest absolute Gasteiger partial charge is 0.241 e. The Morgan fingerprint density at radius 2 is 2.06 bits per heavy atom. The van der Waals surface area contributed by atoms with Gasteiger partial charge in [-0.2, -0.15) is 0 Å². The van der Waals surface area contributed by atoms with E-state index in [9.17, 15) is 12.8 Å². The highest BCUT2D eigenvalue weighted by atomic mass is 32.2. The van der Waals surface area contributed by atoms with Gasteiger partial charge in [0.05, 0.1) is 10.6 Å². The molecule has 1 atom stereocenters. The Bertz CT molecular complexity index is 568. The van der Waals surface area contributed by atoms with Gasteiger partial charge in [0, 0.05) is 6.04 Å². The second kappa shape index (κ2) is 4.51. The molecule has 2 rings (SSSR count). The Balaban J connectivity index is 2.31. The van der Waals surface area contributed by atoms with E-state index in [-0.39, 0.29) is 16.6 Å². The average molecular weight is 272 g/mol. The SMILES string of the molecule is Cc1cc(F)c(N)cc1S(=O)(=O)NC(C)C1CC1. The molecule has 3 N–H and O–H groups in total. The number of nitrogens with two attached hydrogens (primary N) is 1. The first-order valence-corrected chi connectivity index (χ1v) is 7.37. The average Bonchev–Trinajstić information content (AvgIpc) is 3.05. The van der Waals surface area contributed by atoms with Crippen LogP contribution in [0.25, 0.3) is 0 Å². The molecule has 1 saturated carbocycles. The Morgan fingerprint density at radius 1 is 1.44 bits per heavy atom. The first-order valence-electron chi connectivity index (χ1n) is 5.89. The quantitative estimate of drug-likeness (QED) is 0.821. The monoisotopic (exact) mass is 272 g/mol. The van der Waals surface area contributed by atoms with E-state index in [2.05, 4.69) is 4.72 Å². The maximum Gasteiger partial charge on any atom is 0.241 e. The van der Waals surface area contributed by atoms with E-state index in [0.29, 0.717) is 11.5 Å². The van der Waals surface area contributed by atoms with Crippen LogP contribution in [0, 0.1) is 18.7 Å². The number of hydrogen-bond donors (Lipinski definition) is 2. The number of anilines is 1. The third-order valence-electron chi connectivity index (χ3n) is 3.25. The van der Waals surface area contributed by atoms with Crippen LogP contribution < -0.4 is 10.5 Å². The lowest BCUT2D eigenvalue weighted by Gasteiger charge is -2.15. The van der Waals surface area contributed by atoms with Gasteiger partial charge in [0.25, 0.3) is 0 Å². The minimum absolute atomic E-state index is 0.0499. The van der Waals surface area contributed by atoms with Crippen molar-refractivity contribution in [3.8, 4) is 0 Å². The molecule has 0 saturated heterocycles. The lowest BCUT2D eigenvalue weighted by atomic mass is 10.2. The lowest BCUT2D eigenvalue weighted by molar-refractivity contribution is 0.537. The number of halogens is 1. The normalized spacial score (nSPS) is 17.7. The van der Waals surface area contributed by atoms with Gasteiger partial charge in [-0.05, 0) is 50.3 Å². The zero-order valence-corrected chi connectivity index (χ0v) is 11.2. The molecule has 18 heavy (non-hydrogen) atoms. The predicted octanol–water partition coefficient (Wildman–Crippen LogP) is 1.79. The van der Waals surface area contributed by atoms with Gasteiger partial charge >= 0.3 is 0 Å². The number of sulfonamides is 1. The highest BCUT2D eigenvalue weighted by molar-refractivity contribution is 7.89. The summed E-state index contributed by atoms with van der Waals surface area (Å²) < 4.78 is 40.2. The van der Waals surface area contributed by atoms with Crippen molar-refractivity contribution in [1.82, 2.24) is 4.72 Å². The van der Waals surface area contributed by atoms with E-state index in [1.807, 2.05) is 6.92 Å². The molecule has 1 aromatic carbocycles. The largest absolute Gasteiger partial charge is 0.396 e. The Kier molecular flexibility index (Phi) is 3.33. The Hall–Kier alpha value is -1.14. The molecule has 4 nitrogen and oxygen atoms in total. The molecule has 1 aromatic rings. The molecule has 1 aliphatic rings. The van der Waals surface area contributed by atoms with Crippen LogP contribution in [0.15, 0.2) is 17.0 Å². The number of nitrogen functional groups attached to an aromatic ring is 1. The summed E-state index contributed by atoms with van der Waals surface area (Å²) in [5, 5.41) is 0. The van der Waals surface area contributed by atoms with Gasteiger partial charge in [0.1, 0.15) is 5.82 Å². The fourth-order valence-electron chi connectivity index (χ4n) is 1.96. The van der Waals surface area contributed by atoms with Gasteiger partial charge in [-0.1, -0.05) is 0 Å². The molecule has 0 aromatic heterocycles. The summed E-state index contributed by atoms with van der Waals surface area (Å²) in [4.78, 5) is 0.0499. The molecule has 0 bridgehead atoms. The maximum absolute atomic E-state index is 13.2. The van der Waals surface area contributed by atoms with Crippen LogP contribution in [-0.2, 0) is 10.0 Å². The maximum atomic E-state index is 13.2. The predicted molar refractivity (Wildman–Crippen MR) is 68.1 cm³/mol. The van der Waals surface area contributed by atoms with Crippen molar-refractivity contribution in [3.05, 3.63) is 23.5 Å². The third kappa shape index (κ3) is 2.64. The number of benzene rings is 1. The van der Waals surface area contributed by atoms with Crippen molar-refractivity contribution in [3.63, 3.8) is 0 Å². The summed E-state index contributed by atoms with van der Waals surface area (Å²) in [7, 11) is -3.63. The molecule has 1 unspecified atom stereocenters. The van der Waals surface area contributed by atoms with Gasteiger partial charge in [0.2, 0.25) is 10.0 Å². The van der Waals surface area contributed by atoms with Crippen molar-refractivity contribution in [2.24, 2.45) is 5.92 Å². The third-order valence-corrected chi connectivity index (χ3v) is 4.95. The van der Waals surface area contributed by atoms with Gasteiger partial charge in [-0.25, -0.2) is 17.5 Å². The van der Waals surface area contributed by atoms with Gasteiger partial charge in [-0.3, -0.25) is 0 Å². The molecule has 1 fully saturated rings. The van der Waals surface area contributed by atoms with Crippen LogP contribution in [0.5, 0.6) is 0 Å².